The molecule has 3 aromatic rings. The topological polar surface area (TPSA) is 42.2 Å². The van der Waals surface area contributed by atoms with Gasteiger partial charge in [-0.2, -0.15) is 0 Å². The number of nitrogens with zero attached hydrogens (tertiary/aromatic N) is 1. The van der Waals surface area contributed by atoms with Gasteiger partial charge in [0.25, 0.3) is 0 Å². The zero-order valence-corrected chi connectivity index (χ0v) is 12.9. The van der Waals surface area contributed by atoms with Gasteiger partial charge in [0.2, 0.25) is 0 Å². The molecular formula is C17H14BrNO2. The Morgan fingerprint density at radius 1 is 1.05 bits per heavy atom. The number of hydrogen-bond donors (Lipinski definition) is 1. The number of carboxylic acids is 1. The fourth-order valence-corrected chi connectivity index (χ4v) is 2.95. The smallest absolute Gasteiger partial charge is 0.307 e. The average molecular weight is 344 g/mol. The summed E-state index contributed by atoms with van der Waals surface area (Å²) in [5.41, 5.74) is 3.16. The van der Waals surface area contributed by atoms with Crippen LogP contribution in [0.2, 0.25) is 0 Å². The first kappa shape index (κ1) is 13.9. The second kappa shape index (κ2) is 5.74. The summed E-state index contributed by atoms with van der Waals surface area (Å²) in [5.74, 6) is -0.802. The fraction of sp³-hybridized carbons (Fsp3) is 0.118. The van der Waals surface area contributed by atoms with E-state index in [1.165, 1.54) is 10.9 Å². The van der Waals surface area contributed by atoms with Crippen LogP contribution in [0.15, 0.2) is 59.2 Å². The number of fused-ring (bicyclic) bond motifs is 1. The summed E-state index contributed by atoms with van der Waals surface area (Å²) in [7, 11) is 0. The molecule has 0 aliphatic heterocycles. The van der Waals surface area contributed by atoms with Crippen LogP contribution in [0.25, 0.3) is 10.9 Å². The summed E-state index contributed by atoms with van der Waals surface area (Å²) >= 11 is 3.56. The van der Waals surface area contributed by atoms with Gasteiger partial charge in [0.1, 0.15) is 0 Å². The van der Waals surface area contributed by atoms with Crippen molar-refractivity contribution >= 4 is 32.8 Å². The van der Waals surface area contributed by atoms with E-state index in [9.17, 15) is 4.79 Å². The van der Waals surface area contributed by atoms with Crippen LogP contribution in [0.5, 0.6) is 0 Å². The van der Waals surface area contributed by atoms with Gasteiger partial charge >= 0.3 is 5.97 Å². The minimum atomic E-state index is -0.802. The van der Waals surface area contributed by atoms with Crippen molar-refractivity contribution in [2.24, 2.45) is 0 Å². The fourth-order valence-electron chi connectivity index (χ4n) is 2.46. The van der Waals surface area contributed by atoms with Crippen molar-refractivity contribution in [2.45, 2.75) is 13.0 Å². The van der Waals surface area contributed by atoms with Crippen molar-refractivity contribution in [3.63, 3.8) is 0 Å². The van der Waals surface area contributed by atoms with E-state index >= 15 is 0 Å². The molecule has 3 nitrogen and oxygen atoms in total. The third-order valence-electron chi connectivity index (χ3n) is 3.49. The van der Waals surface area contributed by atoms with E-state index in [-0.39, 0.29) is 6.42 Å². The molecule has 0 radical (unpaired) electrons. The van der Waals surface area contributed by atoms with E-state index in [4.69, 9.17) is 5.11 Å². The molecule has 0 aliphatic rings. The first-order valence-electron chi connectivity index (χ1n) is 6.66. The van der Waals surface area contributed by atoms with Gasteiger partial charge < -0.3 is 9.67 Å². The molecule has 0 atom stereocenters. The molecule has 0 fully saturated rings. The molecule has 0 spiro atoms. The number of hydrogen-bond acceptors (Lipinski definition) is 1. The number of rotatable bonds is 4. The highest BCUT2D eigenvalue weighted by molar-refractivity contribution is 9.10. The quantitative estimate of drug-likeness (QED) is 0.775. The van der Waals surface area contributed by atoms with Crippen molar-refractivity contribution in [2.75, 3.05) is 0 Å². The van der Waals surface area contributed by atoms with Crippen molar-refractivity contribution in [3.8, 4) is 0 Å². The summed E-state index contributed by atoms with van der Waals surface area (Å²) in [4.78, 5) is 10.7. The summed E-state index contributed by atoms with van der Waals surface area (Å²) in [5, 5.41) is 9.97. The number of aliphatic carboxylic acids is 1. The van der Waals surface area contributed by atoms with Crippen molar-refractivity contribution < 1.29 is 9.90 Å². The first-order valence-corrected chi connectivity index (χ1v) is 7.46. The Labute approximate surface area is 131 Å². The molecule has 1 aromatic heterocycles. The molecule has 0 bridgehead atoms. The molecule has 4 heteroatoms. The molecule has 106 valence electrons. The van der Waals surface area contributed by atoms with E-state index in [0.717, 1.165) is 22.1 Å². The van der Waals surface area contributed by atoms with Gasteiger partial charge in [0.05, 0.1) is 6.42 Å². The maximum absolute atomic E-state index is 10.7. The molecule has 1 N–H and O–H groups in total. The van der Waals surface area contributed by atoms with Gasteiger partial charge in [-0.15, -0.1) is 0 Å². The largest absolute Gasteiger partial charge is 0.481 e. The highest BCUT2D eigenvalue weighted by atomic mass is 79.9. The lowest BCUT2D eigenvalue weighted by atomic mass is 10.1. The van der Waals surface area contributed by atoms with Gasteiger partial charge in [0, 0.05) is 28.1 Å². The Balaban J connectivity index is 1.85. The van der Waals surface area contributed by atoms with Crippen molar-refractivity contribution in [3.05, 3.63) is 70.3 Å². The van der Waals surface area contributed by atoms with Crippen molar-refractivity contribution in [1.82, 2.24) is 4.57 Å². The summed E-state index contributed by atoms with van der Waals surface area (Å²) < 4.78 is 3.28. The van der Waals surface area contributed by atoms with E-state index in [0.29, 0.717) is 0 Å². The lowest BCUT2D eigenvalue weighted by molar-refractivity contribution is -0.136. The third-order valence-corrected chi connectivity index (χ3v) is 4.18. The van der Waals surface area contributed by atoms with Crippen LogP contribution in [0.4, 0.5) is 0 Å². The highest BCUT2D eigenvalue weighted by Gasteiger charge is 2.05. The molecule has 0 amide bonds. The zero-order valence-electron chi connectivity index (χ0n) is 11.3. The molecule has 2 aromatic carbocycles. The van der Waals surface area contributed by atoms with Crippen LogP contribution in [0, 0.1) is 0 Å². The Kier molecular flexibility index (Phi) is 3.80. The van der Waals surface area contributed by atoms with Crippen LogP contribution >= 0.6 is 15.9 Å². The molecular weight excluding hydrogens is 330 g/mol. The van der Waals surface area contributed by atoms with Crippen molar-refractivity contribution in [1.29, 1.82) is 0 Å². The van der Waals surface area contributed by atoms with Gasteiger partial charge in [-0.1, -0.05) is 46.3 Å². The van der Waals surface area contributed by atoms with Gasteiger partial charge in [-0.25, -0.2) is 0 Å². The predicted molar refractivity (Wildman–Crippen MR) is 86.5 cm³/mol. The Morgan fingerprint density at radius 3 is 2.48 bits per heavy atom. The molecule has 0 saturated heterocycles. The lowest BCUT2D eigenvalue weighted by Gasteiger charge is -2.07. The minimum Gasteiger partial charge on any atom is -0.481 e. The summed E-state index contributed by atoms with van der Waals surface area (Å²) in [6.45, 7) is 0.771. The van der Waals surface area contributed by atoms with Crippen LogP contribution < -0.4 is 0 Å². The number of carbonyl (C=O) groups is 1. The second-order valence-electron chi connectivity index (χ2n) is 5.00. The van der Waals surface area contributed by atoms with E-state index in [1.54, 1.807) is 0 Å². The third kappa shape index (κ3) is 3.00. The van der Waals surface area contributed by atoms with Crippen LogP contribution in [0.1, 0.15) is 11.1 Å². The first-order chi connectivity index (χ1) is 10.1. The number of carboxylic acid groups (broad SMARTS) is 1. The van der Waals surface area contributed by atoms with Gasteiger partial charge in [-0.3, -0.25) is 4.79 Å². The van der Waals surface area contributed by atoms with E-state index in [1.807, 2.05) is 36.4 Å². The van der Waals surface area contributed by atoms with Gasteiger partial charge in [0.15, 0.2) is 0 Å². The van der Waals surface area contributed by atoms with Gasteiger partial charge in [-0.05, 0) is 29.3 Å². The molecule has 0 aliphatic carbocycles. The Hall–Kier alpha value is -2.07. The Bertz CT molecular complexity index is 790. The minimum absolute atomic E-state index is 0.0691. The molecule has 21 heavy (non-hydrogen) atoms. The maximum atomic E-state index is 10.7. The predicted octanol–water partition coefficient (Wildman–Crippen LogP) is 4.08. The molecule has 0 unspecified atom stereocenters. The maximum Gasteiger partial charge on any atom is 0.307 e. The summed E-state index contributed by atoms with van der Waals surface area (Å²) in [6, 6.07) is 16.0. The zero-order chi connectivity index (χ0) is 14.8. The highest BCUT2D eigenvalue weighted by Crippen LogP contribution is 2.25. The number of aromatic nitrogens is 1. The normalized spacial score (nSPS) is 10.9. The molecule has 0 saturated carbocycles. The number of halogens is 1. The molecule has 3 rings (SSSR count). The summed E-state index contributed by atoms with van der Waals surface area (Å²) in [6.07, 6.45) is 2.14. The van der Waals surface area contributed by atoms with Crippen LogP contribution in [0.3, 0.4) is 0 Å². The lowest BCUT2D eigenvalue weighted by Crippen LogP contribution is -2.01. The number of benzene rings is 2. The van der Waals surface area contributed by atoms with Crippen LogP contribution in [-0.4, -0.2) is 15.6 Å². The SMILES string of the molecule is O=C(O)Cc1ccc(Cn2ccc3c(Br)cccc32)cc1. The molecule has 1 heterocycles. The monoisotopic (exact) mass is 343 g/mol. The standard InChI is InChI=1S/C17H14BrNO2/c18-15-2-1-3-16-14(15)8-9-19(16)11-13-6-4-12(5-7-13)10-17(20)21/h1-9H,10-11H2,(H,20,21). The average Bonchev–Trinajstić information content (AvgIpc) is 2.85. The van der Waals surface area contributed by atoms with E-state index in [2.05, 4.69) is 38.8 Å². The van der Waals surface area contributed by atoms with E-state index < -0.39 is 5.97 Å². The Morgan fingerprint density at radius 2 is 1.76 bits per heavy atom. The second-order valence-corrected chi connectivity index (χ2v) is 5.86. The van der Waals surface area contributed by atoms with Crippen LogP contribution in [-0.2, 0) is 17.8 Å².